The number of amides is 1. The van der Waals surface area contributed by atoms with Crippen LogP contribution in [0.4, 0.5) is 0 Å². The first-order chi connectivity index (χ1) is 6.26. The number of hydrogen-bond acceptors (Lipinski definition) is 1. The van der Waals surface area contributed by atoms with E-state index in [1.807, 2.05) is 0 Å². The molecule has 0 aromatic rings. The van der Waals surface area contributed by atoms with Crippen molar-refractivity contribution in [3.8, 4) is 0 Å². The lowest BCUT2D eigenvalue weighted by Crippen LogP contribution is -2.38. The number of nitrogens with one attached hydrogen (secondary N) is 1. The van der Waals surface area contributed by atoms with E-state index in [1.165, 1.54) is 19.3 Å². The van der Waals surface area contributed by atoms with Gasteiger partial charge in [-0.2, -0.15) is 0 Å². The third-order valence-electron chi connectivity index (χ3n) is 2.91. The van der Waals surface area contributed by atoms with Crippen LogP contribution < -0.4 is 5.32 Å². The Balaban J connectivity index is 2.21. The van der Waals surface area contributed by atoms with Crippen LogP contribution in [-0.4, -0.2) is 17.3 Å². The van der Waals surface area contributed by atoms with Crippen LogP contribution in [0.25, 0.3) is 0 Å². The van der Waals surface area contributed by atoms with Crippen molar-refractivity contribution in [1.82, 2.24) is 5.32 Å². The molecule has 0 aliphatic heterocycles. The molecular formula is C10H18BrNO. The monoisotopic (exact) mass is 247 g/mol. The molecule has 1 fully saturated rings. The highest BCUT2D eigenvalue weighted by molar-refractivity contribution is 9.09. The van der Waals surface area contributed by atoms with E-state index in [-0.39, 0.29) is 5.91 Å². The molecule has 0 aromatic heterocycles. The van der Waals surface area contributed by atoms with Gasteiger partial charge in [-0.25, -0.2) is 0 Å². The molecule has 0 atom stereocenters. The first-order valence-electron chi connectivity index (χ1n) is 5.11. The lowest BCUT2D eigenvalue weighted by atomic mass is 9.84. The van der Waals surface area contributed by atoms with Crippen LogP contribution in [0.1, 0.15) is 39.0 Å². The maximum absolute atomic E-state index is 11.1. The van der Waals surface area contributed by atoms with Crippen LogP contribution in [0.3, 0.4) is 0 Å². The van der Waals surface area contributed by atoms with E-state index < -0.39 is 0 Å². The van der Waals surface area contributed by atoms with Crippen molar-refractivity contribution < 1.29 is 4.79 Å². The molecule has 1 aliphatic carbocycles. The molecule has 1 amide bonds. The maximum Gasteiger partial charge on any atom is 0.230 e. The number of halogens is 1. The van der Waals surface area contributed by atoms with E-state index in [1.54, 1.807) is 0 Å². The topological polar surface area (TPSA) is 29.1 Å². The second-order valence-corrected chi connectivity index (χ2v) is 4.39. The molecule has 0 spiro atoms. The summed E-state index contributed by atoms with van der Waals surface area (Å²) < 4.78 is 0. The van der Waals surface area contributed by atoms with Gasteiger partial charge in [0, 0.05) is 6.04 Å². The second kappa shape index (κ2) is 5.63. The average Bonchev–Trinajstić information content (AvgIpc) is 2.19. The first-order valence-corrected chi connectivity index (χ1v) is 6.23. The van der Waals surface area contributed by atoms with Crippen molar-refractivity contribution in [3.63, 3.8) is 0 Å². The minimum atomic E-state index is 0.125. The maximum atomic E-state index is 11.1. The summed E-state index contributed by atoms with van der Waals surface area (Å²) in [5.41, 5.74) is 0. The van der Waals surface area contributed by atoms with Gasteiger partial charge in [0.25, 0.3) is 0 Å². The van der Waals surface area contributed by atoms with Crippen LogP contribution in [0.15, 0.2) is 0 Å². The smallest absolute Gasteiger partial charge is 0.230 e. The van der Waals surface area contributed by atoms with Crippen molar-refractivity contribution in [2.75, 3.05) is 5.33 Å². The van der Waals surface area contributed by atoms with E-state index >= 15 is 0 Å². The number of rotatable bonds is 3. The van der Waals surface area contributed by atoms with Crippen molar-refractivity contribution >= 4 is 21.8 Å². The van der Waals surface area contributed by atoms with Crippen molar-refractivity contribution in [2.45, 2.75) is 45.1 Å². The SMILES string of the molecule is CCC1CCC(NC(=O)CBr)CC1. The minimum Gasteiger partial charge on any atom is -0.353 e. The highest BCUT2D eigenvalue weighted by atomic mass is 79.9. The molecule has 2 nitrogen and oxygen atoms in total. The number of hydrogen-bond donors (Lipinski definition) is 1. The molecule has 1 aliphatic rings. The molecule has 0 radical (unpaired) electrons. The van der Waals surface area contributed by atoms with Gasteiger partial charge in [-0.05, 0) is 31.6 Å². The Morgan fingerprint density at radius 2 is 2.00 bits per heavy atom. The molecule has 0 unspecified atom stereocenters. The zero-order valence-corrected chi connectivity index (χ0v) is 9.77. The number of carbonyl (C=O) groups excluding carboxylic acids is 1. The molecule has 1 N–H and O–H groups in total. The summed E-state index contributed by atoms with van der Waals surface area (Å²) in [7, 11) is 0. The molecule has 0 aromatic carbocycles. The van der Waals surface area contributed by atoms with E-state index in [0.717, 1.165) is 18.8 Å². The Bertz CT molecular complexity index is 164. The minimum absolute atomic E-state index is 0.125. The van der Waals surface area contributed by atoms with Gasteiger partial charge in [0.1, 0.15) is 0 Å². The van der Waals surface area contributed by atoms with Gasteiger partial charge in [-0.3, -0.25) is 4.79 Å². The Morgan fingerprint density at radius 1 is 1.38 bits per heavy atom. The zero-order chi connectivity index (χ0) is 9.68. The van der Waals surface area contributed by atoms with Crippen LogP contribution in [0.2, 0.25) is 0 Å². The third-order valence-corrected chi connectivity index (χ3v) is 3.42. The molecule has 3 heteroatoms. The summed E-state index contributed by atoms with van der Waals surface area (Å²) >= 11 is 3.16. The molecular weight excluding hydrogens is 230 g/mol. The fourth-order valence-corrected chi connectivity index (χ4v) is 2.14. The van der Waals surface area contributed by atoms with Gasteiger partial charge in [0.15, 0.2) is 0 Å². The highest BCUT2D eigenvalue weighted by Gasteiger charge is 2.20. The molecule has 13 heavy (non-hydrogen) atoms. The number of alkyl halides is 1. The van der Waals surface area contributed by atoms with Crippen LogP contribution >= 0.6 is 15.9 Å². The Morgan fingerprint density at radius 3 is 2.46 bits per heavy atom. The molecule has 0 bridgehead atoms. The Labute approximate surface area is 88.6 Å². The Kier molecular flexibility index (Phi) is 4.78. The fraction of sp³-hybridized carbons (Fsp3) is 0.900. The molecule has 1 rings (SSSR count). The van der Waals surface area contributed by atoms with E-state index in [4.69, 9.17) is 0 Å². The van der Waals surface area contributed by atoms with Crippen molar-refractivity contribution in [2.24, 2.45) is 5.92 Å². The van der Waals surface area contributed by atoms with Gasteiger partial charge in [0.2, 0.25) is 5.91 Å². The highest BCUT2D eigenvalue weighted by Crippen LogP contribution is 2.26. The summed E-state index contributed by atoms with van der Waals surface area (Å²) in [6.07, 6.45) is 6.18. The predicted molar refractivity (Wildman–Crippen MR) is 58.0 cm³/mol. The summed E-state index contributed by atoms with van der Waals surface area (Å²) in [5.74, 6) is 1.03. The lowest BCUT2D eigenvalue weighted by Gasteiger charge is -2.28. The largest absolute Gasteiger partial charge is 0.353 e. The molecule has 0 heterocycles. The van der Waals surface area contributed by atoms with Gasteiger partial charge < -0.3 is 5.32 Å². The standard InChI is InChI=1S/C10H18BrNO/c1-2-8-3-5-9(6-4-8)12-10(13)7-11/h8-9H,2-7H2,1H3,(H,12,13). The van der Waals surface area contributed by atoms with Gasteiger partial charge in [0.05, 0.1) is 5.33 Å². The average molecular weight is 248 g/mol. The molecule has 1 saturated carbocycles. The van der Waals surface area contributed by atoms with E-state index in [2.05, 4.69) is 28.2 Å². The van der Waals surface area contributed by atoms with Gasteiger partial charge in [-0.15, -0.1) is 0 Å². The molecule has 76 valence electrons. The third kappa shape index (κ3) is 3.67. The van der Waals surface area contributed by atoms with Crippen LogP contribution in [-0.2, 0) is 4.79 Å². The fourth-order valence-electron chi connectivity index (χ4n) is 1.98. The van der Waals surface area contributed by atoms with Crippen molar-refractivity contribution in [1.29, 1.82) is 0 Å². The van der Waals surface area contributed by atoms with E-state index in [9.17, 15) is 4.79 Å². The zero-order valence-electron chi connectivity index (χ0n) is 8.18. The van der Waals surface area contributed by atoms with Gasteiger partial charge >= 0.3 is 0 Å². The summed E-state index contributed by atoms with van der Waals surface area (Å²) in [6.45, 7) is 2.25. The first kappa shape index (κ1) is 11.0. The lowest BCUT2D eigenvalue weighted by molar-refractivity contribution is -0.119. The summed E-state index contributed by atoms with van der Waals surface area (Å²) in [4.78, 5) is 11.1. The molecule has 0 saturated heterocycles. The van der Waals surface area contributed by atoms with Gasteiger partial charge in [-0.1, -0.05) is 29.3 Å². The summed E-state index contributed by atoms with van der Waals surface area (Å²) in [6, 6.07) is 0.438. The van der Waals surface area contributed by atoms with E-state index in [0.29, 0.717) is 11.4 Å². The second-order valence-electron chi connectivity index (χ2n) is 3.83. The predicted octanol–water partition coefficient (Wildman–Crippen LogP) is 2.47. The number of carbonyl (C=O) groups is 1. The van der Waals surface area contributed by atoms with Crippen molar-refractivity contribution in [3.05, 3.63) is 0 Å². The summed E-state index contributed by atoms with van der Waals surface area (Å²) in [5, 5.41) is 3.46. The van der Waals surface area contributed by atoms with Crippen LogP contribution in [0, 0.1) is 5.92 Å². The van der Waals surface area contributed by atoms with Crippen LogP contribution in [0.5, 0.6) is 0 Å². The quantitative estimate of drug-likeness (QED) is 0.764. The Hall–Kier alpha value is -0.0500. The normalized spacial score (nSPS) is 28.5.